The van der Waals surface area contributed by atoms with E-state index in [1.807, 2.05) is 29.8 Å². The number of hydrogen-bond acceptors (Lipinski definition) is 3. The van der Waals surface area contributed by atoms with Gasteiger partial charge in [0.25, 0.3) is 0 Å². The maximum atomic E-state index is 6.44. The molecule has 2 heterocycles. The van der Waals surface area contributed by atoms with E-state index in [1.165, 1.54) is 12.8 Å². The summed E-state index contributed by atoms with van der Waals surface area (Å²) < 4.78 is 7.35. The van der Waals surface area contributed by atoms with Crippen molar-refractivity contribution in [2.45, 2.75) is 39.5 Å². The highest BCUT2D eigenvalue weighted by Crippen LogP contribution is 2.34. The lowest BCUT2D eigenvalue weighted by Crippen LogP contribution is -2.00. The molecular weight excluding hydrogens is 357 g/mol. The van der Waals surface area contributed by atoms with Gasteiger partial charge in [0.1, 0.15) is 0 Å². The van der Waals surface area contributed by atoms with Gasteiger partial charge in [0.15, 0.2) is 5.65 Å². The molecule has 2 aromatic heterocycles. The zero-order valence-electron chi connectivity index (χ0n) is 14.6. The van der Waals surface area contributed by atoms with E-state index in [-0.39, 0.29) is 0 Å². The van der Waals surface area contributed by atoms with E-state index in [1.54, 1.807) is 13.2 Å². The number of nitrogens with zero attached hydrogens (tertiary/aromatic N) is 3. The molecule has 0 amide bonds. The van der Waals surface area contributed by atoms with Crippen molar-refractivity contribution in [2.75, 3.05) is 7.11 Å². The third-order valence-electron chi connectivity index (χ3n) is 4.30. The second-order valence-electron chi connectivity index (χ2n) is 6.09. The number of methoxy groups -OCH3 is 1. The van der Waals surface area contributed by atoms with Gasteiger partial charge in [0.05, 0.1) is 23.4 Å². The molecule has 4 nitrogen and oxygen atoms in total. The fourth-order valence-corrected chi connectivity index (χ4v) is 3.54. The zero-order chi connectivity index (χ0) is 18.0. The van der Waals surface area contributed by atoms with Crippen LogP contribution in [0.15, 0.2) is 24.4 Å². The van der Waals surface area contributed by atoms with Gasteiger partial charge in [-0.25, -0.2) is 9.50 Å². The summed E-state index contributed by atoms with van der Waals surface area (Å²) in [5.41, 5.74) is 4.64. The average molecular weight is 378 g/mol. The predicted molar refractivity (Wildman–Crippen MR) is 103 cm³/mol. The van der Waals surface area contributed by atoms with E-state index in [2.05, 4.69) is 17.0 Å². The number of hydrogen-bond donors (Lipinski definition) is 0. The first-order valence-electron chi connectivity index (χ1n) is 8.43. The summed E-state index contributed by atoms with van der Waals surface area (Å²) in [6.45, 7) is 4.19. The van der Waals surface area contributed by atoms with Gasteiger partial charge in [-0.3, -0.25) is 0 Å². The highest BCUT2D eigenvalue weighted by Gasteiger charge is 2.19. The summed E-state index contributed by atoms with van der Waals surface area (Å²) in [5, 5.41) is 5.85. The molecule has 132 valence electrons. The monoisotopic (exact) mass is 377 g/mol. The minimum absolute atomic E-state index is 0.588. The molecule has 3 rings (SSSR count). The third-order valence-corrected chi connectivity index (χ3v) is 4.84. The average Bonchev–Trinajstić information content (AvgIpc) is 2.94. The number of aromatic nitrogens is 3. The van der Waals surface area contributed by atoms with E-state index >= 15 is 0 Å². The normalized spacial score (nSPS) is 11.2. The maximum absolute atomic E-state index is 6.44. The predicted octanol–water partition coefficient (Wildman–Crippen LogP) is 5.75. The second kappa shape index (κ2) is 7.63. The number of unbranched alkanes of at least 4 members (excludes halogenated alkanes) is 2. The van der Waals surface area contributed by atoms with Crippen LogP contribution in [-0.2, 0) is 6.42 Å². The Morgan fingerprint density at radius 3 is 2.68 bits per heavy atom. The van der Waals surface area contributed by atoms with E-state index in [0.717, 1.165) is 40.9 Å². The fourth-order valence-electron chi connectivity index (χ4n) is 3.04. The highest BCUT2D eigenvalue weighted by atomic mass is 35.5. The third kappa shape index (κ3) is 3.46. The van der Waals surface area contributed by atoms with Crippen LogP contribution in [0.3, 0.4) is 0 Å². The van der Waals surface area contributed by atoms with Crippen molar-refractivity contribution in [3.05, 3.63) is 45.6 Å². The molecule has 3 aromatic rings. The van der Waals surface area contributed by atoms with Gasteiger partial charge >= 0.3 is 0 Å². The smallest absolute Gasteiger partial charge is 0.238 e. The number of halogens is 2. The summed E-state index contributed by atoms with van der Waals surface area (Å²) in [4.78, 5) is 4.61. The van der Waals surface area contributed by atoms with Crippen LogP contribution in [-0.4, -0.2) is 21.7 Å². The van der Waals surface area contributed by atoms with Crippen LogP contribution in [0.5, 0.6) is 5.88 Å². The van der Waals surface area contributed by atoms with Crippen LogP contribution in [0.4, 0.5) is 0 Å². The lowest BCUT2D eigenvalue weighted by atomic mass is 10.1. The minimum Gasteiger partial charge on any atom is -0.480 e. The number of aryl methyl sites for hydroxylation is 2. The summed E-state index contributed by atoms with van der Waals surface area (Å²) in [6.07, 6.45) is 6.17. The number of ether oxygens (including phenoxy) is 1. The van der Waals surface area contributed by atoms with Crippen molar-refractivity contribution < 1.29 is 4.74 Å². The van der Waals surface area contributed by atoms with Crippen molar-refractivity contribution >= 4 is 28.8 Å². The van der Waals surface area contributed by atoms with Crippen molar-refractivity contribution in [1.29, 1.82) is 0 Å². The molecule has 0 bridgehead atoms. The van der Waals surface area contributed by atoms with Crippen LogP contribution in [0.25, 0.3) is 16.9 Å². The quantitative estimate of drug-likeness (QED) is 0.513. The molecule has 0 spiro atoms. The molecule has 0 aliphatic carbocycles. The molecule has 0 N–H and O–H groups in total. The molecule has 0 saturated carbocycles. The zero-order valence-corrected chi connectivity index (χ0v) is 16.2. The van der Waals surface area contributed by atoms with Crippen LogP contribution < -0.4 is 4.74 Å². The van der Waals surface area contributed by atoms with Crippen LogP contribution in [0.2, 0.25) is 10.0 Å². The summed E-state index contributed by atoms with van der Waals surface area (Å²) in [5.74, 6) is 0.625. The Bertz CT molecular complexity index is 905. The second-order valence-corrected chi connectivity index (χ2v) is 6.94. The fraction of sp³-hybridized carbons (Fsp3) is 0.368. The van der Waals surface area contributed by atoms with E-state index < -0.39 is 0 Å². The summed E-state index contributed by atoms with van der Waals surface area (Å²) in [7, 11) is 1.65. The maximum Gasteiger partial charge on any atom is 0.238 e. The van der Waals surface area contributed by atoms with Gasteiger partial charge < -0.3 is 4.74 Å². The van der Waals surface area contributed by atoms with Crippen LogP contribution in [0, 0.1) is 6.92 Å². The Labute approximate surface area is 157 Å². The Morgan fingerprint density at radius 1 is 1.20 bits per heavy atom. The first-order chi connectivity index (χ1) is 12.1. The van der Waals surface area contributed by atoms with Crippen molar-refractivity contribution in [3.8, 4) is 17.1 Å². The van der Waals surface area contributed by atoms with Crippen LogP contribution >= 0.6 is 23.2 Å². The molecule has 0 aliphatic rings. The SMILES string of the molecule is CCCCCc1c(OC)nn2c(-c3ccc(Cl)cc3Cl)c(C)cnc12. The van der Waals surface area contributed by atoms with Gasteiger partial charge in [0.2, 0.25) is 5.88 Å². The Hall–Kier alpha value is -1.78. The first kappa shape index (κ1) is 18.0. The van der Waals surface area contributed by atoms with Gasteiger partial charge in [0, 0.05) is 16.8 Å². The van der Waals surface area contributed by atoms with Crippen molar-refractivity contribution in [2.24, 2.45) is 0 Å². The molecule has 25 heavy (non-hydrogen) atoms. The van der Waals surface area contributed by atoms with Gasteiger partial charge in [-0.05, 0) is 43.5 Å². The molecule has 0 radical (unpaired) electrons. The Morgan fingerprint density at radius 2 is 2.00 bits per heavy atom. The molecular formula is C19H21Cl2N3O. The Balaban J connectivity index is 2.20. The minimum atomic E-state index is 0.588. The van der Waals surface area contributed by atoms with E-state index in [9.17, 15) is 0 Å². The largest absolute Gasteiger partial charge is 0.480 e. The molecule has 0 atom stereocenters. The van der Waals surface area contributed by atoms with Crippen molar-refractivity contribution in [1.82, 2.24) is 14.6 Å². The van der Waals surface area contributed by atoms with Gasteiger partial charge in [-0.15, -0.1) is 5.10 Å². The van der Waals surface area contributed by atoms with E-state index in [4.69, 9.17) is 27.9 Å². The first-order valence-corrected chi connectivity index (χ1v) is 9.19. The molecule has 1 aromatic carbocycles. The summed E-state index contributed by atoms with van der Waals surface area (Å²) in [6, 6.07) is 5.49. The number of rotatable bonds is 6. The number of benzene rings is 1. The van der Waals surface area contributed by atoms with Crippen molar-refractivity contribution in [3.63, 3.8) is 0 Å². The van der Waals surface area contributed by atoms with Gasteiger partial charge in [-0.1, -0.05) is 43.0 Å². The summed E-state index contributed by atoms with van der Waals surface area (Å²) >= 11 is 12.5. The molecule has 0 saturated heterocycles. The molecule has 0 fully saturated rings. The van der Waals surface area contributed by atoms with Gasteiger partial charge in [-0.2, -0.15) is 0 Å². The Kier molecular flexibility index (Phi) is 5.50. The molecule has 0 unspecified atom stereocenters. The highest BCUT2D eigenvalue weighted by molar-refractivity contribution is 6.36. The lowest BCUT2D eigenvalue weighted by Gasteiger charge is -2.10. The van der Waals surface area contributed by atoms with Crippen LogP contribution in [0.1, 0.15) is 37.3 Å². The standard InChI is InChI=1S/C19H21Cl2N3O/c1-4-5-6-7-15-18-22-11-12(2)17(24(18)23-19(15)25-3)14-9-8-13(20)10-16(14)21/h8-11H,4-7H2,1-3H3. The number of fused-ring (bicyclic) bond motifs is 1. The molecule has 0 aliphatic heterocycles. The molecule has 6 heteroatoms. The lowest BCUT2D eigenvalue weighted by molar-refractivity contribution is 0.390. The topological polar surface area (TPSA) is 39.4 Å². The van der Waals surface area contributed by atoms with E-state index in [0.29, 0.717) is 15.9 Å².